The first-order valence-corrected chi connectivity index (χ1v) is 10.6. The van der Waals surface area contributed by atoms with Crippen molar-refractivity contribution >= 4 is 44.3 Å². The van der Waals surface area contributed by atoms with Crippen LogP contribution in [0.1, 0.15) is 25.7 Å². The third-order valence-corrected chi connectivity index (χ3v) is 5.02. The lowest BCUT2D eigenvalue weighted by Crippen LogP contribution is -2.09. The van der Waals surface area contributed by atoms with Crippen LogP contribution in [0.4, 0.5) is 15.9 Å². The summed E-state index contributed by atoms with van der Waals surface area (Å²) in [6.45, 7) is 0.407. The average molecular weight is 503 g/mol. The van der Waals surface area contributed by atoms with Gasteiger partial charge in [0.2, 0.25) is 0 Å². The Morgan fingerprint density at radius 3 is 2.81 bits per heavy atom. The van der Waals surface area contributed by atoms with Crippen LogP contribution in [0.5, 0.6) is 11.5 Å². The zero-order valence-electron chi connectivity index (χ0n) is 17.2. The van der Waals surface area contributed by atoms with E-state index in [4.69, 9.17) is 15.0 Å². The van der Waals surface area contributed by atoms with Gasteiger partial charge in [-0.05, 0) is 42.6 Å². The Morgan fingerprint density at radius 1 is 1.22 bits per heavy atom. The molecule has 0 amide bonds. The van der Waals surface area contributed by atoms with Gasteiger partial charge >= 0.3 is 5.97 Å². The number of carbonyl (C=O) groups excluding carboxylic acids is 1. The van der Waals surface area contributed by atoms with Crippen molar-refractivity contribution in [2.24, 2.45) is 5.11 Å². The third-order valence-electron chi connectivity index (χ3n) is 4.53. The molecular formula is C21H20BrFN6O3. The van der Waals surface area contributed by atoms with Crippen LogP contribution in [0, 0.1) is 5.82 Å². The van der Waals surface area contributed by atoms with Gasteiger partial charge in [-0.25, -0.2) is 14.4 Å². The first-order chi connectivity index (χ1) is 15.5. The highest BCUT2D eigenvalue weighted by atomic mass is 79.9. The number of carbonyl (C=O) groups is 1. The summed E-state index contributed by atoms with van der Waals surface area (Å²) in [4.78, 5) is 23.4. The van der Waals surface area contributed by atoms with Gasteiger partial charge < -0.3 is 14.8 Å². The van der Waals surface area contributed by atoms with Crippen molar-refractivity contribution in [3.63, 3.8) is 0 Å². The number of ether oxygens (including phenoxy) is 2. The van der Waals surface area contributed by atoms with Gasteiger partial charge in [-0.1, -0.05) is 27.5 Å². The summed E-state index contributed by atoms with van der Waals surface area (Å²) < 4.78 is 25.7. The topological polar surface area (TPSA) is 122 Å². The molecule has 2 aromatic carbocycles. The van der Waals surface area contributed by atoms with Crippen molar-refractivity contribution in [2.45, 2.75) is 25.7 Å². The highest BCUT2D eigenvalue weighted by Gasteiger charge is 2.15. The number of nitrogens with zero attached hydrogens (tertiary/aromatic N) is 5. The molecule has 166 valence electrons. The normalized spacial score (nSPS) is 10.5. The molecule has 0 saturated carbocycles. The number of aromatic nitrogens is 2. The van der Waals surface area contributed by atoms with Gasteiger partial charge in [0.05, 0.1) is 18.3 Å². The van der Waals surface area contributed by atoms with Crippen molar-refractivity contribution in [3.8, 4) is 11.5 Å². The minimum atomic E-state index is -0.442. The van der Waals surface area contributed by atoms with Crippen LogP contribution in [0.25, 0.3) is 21.3 Å². The van der Waals surface area contributed by atoms with Crippen molar-refractivity contribution in [1.29, 1.82) is 0 Å². The van der Waals surface area contributed by atoms with E-state index in [0.717, 1.165) is 6.42 Å². The highest BCUT2D eigenvalue weighted by Crippen LogP contribution is 2.35. The number of azide groups is 1. The molecule has 32 heavy (non-hydrogen) atoms. The summed E-state index contributed by atoms with van der Waals surface area (Å²) >= 11 is 3.23. The monoisotopic (exact) mass is 502 g/mol. The number of anilines is 2. The molecule has 1 aromatic heterocycles. The smallest absolute Gasteiger partial charge is 0.311 e. The Morgan fingerprint density at radius 2 is 2.06 bits per heavy atom. The molecule has 0 saturated heterocycles. The molecule has 0 aliphatic rings. The number of fused-ring (bicyclic) bond motifs is 1. The van der Waals surface area contributed by atoms with Gasteiger partial charge in [0.25, 0.3) is 0 Å². The second-order valence-electron chi connectivity index (χ2n) is 6.73. The van der Waals surface area contributed by atoms with Gasteiger partial charge in [-0.2, -0.15) is 0 Å². The van der Waals surface area contributed by atoms with E-state index in [1.165, 1.54) is 19.5 Å². The maximum Gasteiger partial charge on any atom is 0.311 e. The van der Waals surface area contributed by atoms with Gasteiger partial charge in [0.15, 0.2) is 11.5 Å². The van der Waals surface area contributed by atoms with Crippen LogP contribution in [-0.2, 0) is 4.79 Å². The number of benzene rings is 2. The van der Waals surface area contributed by atoms with Crippen LogP contribution in [0.15, 0.2) is 46.2 Å². The predicted molar refractivity (Wildman–Crippen MR) is 122 cm³/mol. The molecule has 0 fully saturated rings. The molecule has 0 spiro atoms. The number of hydrogen-bond acceptors (Lipinski definition) is 7. The lowest BCUT2D eigenvalue weighted by Gasteiger charge is -2.13. The largest absolute Gasteiger partial charge is 0.493 e. The maximum atomic E-state index is 14.2. The van der Waals surface area contributed by atoms with E-state index in [9.17, 15) is 9.18 Å². The first kappa shape index (κ1) is 23.2. The first-order valence-electron chi connectivity index (χ1n) is 9.78. The second-order valence-corrected chi connectivity index (χ2v) is 7.65. The van der Waals surface area contributed by atoms with Crippen LogP contribution in [0.2, 0.25) is 0 Å². The molecule has 0 radical (unpaired) electrons. The molecule has 0 aliphatic heterocycles. The van der Waals surface area contributed by atoms with Crippen molar-refractivity contribution < 1.29 is 18.7 Å². The van der Waals surface area contributed by atoms with E-state index in [2.05, 4.69) is 41.2 Å². The quantitative estimate of drug-likeness (QED) is 0.0896. The fourth-order valence-electron chi connectivity index (χ4n) is 2.97. The van der Waals surface area contributed by atoms with Crippen molar-refractivity contribution in [3.05, 3.63) is 57.4 Å². The molecule has 0 aliphatic carbocycles. The second kappa shape index (κ2) is 11.3. The number of nitrogens with one attached hydrogen (secondary N) is 1. The van der Waals surface area contributed by atoms with Gasteiger partial charge in [0.1, 0.15) is 18.0 Å². The van der Waals surface area contributed by atoms with E-state index < -0.39 is 11.8 Å². The van der Waals surface area contributed by atoms with Crippen LogP contribution in [-0.4, -0.2) is 29.6 Å². The maximum absolute atomic E-state index is 14.2. The van der Waals surface area contributed by atoms with Gasteiger partial charge in [-0.3, -0.25) is 4.79 Å². The summed E-state index contributed by atoms with van der Waals surface area (Å²) in [7, 11) is 1.46. The van der Waals surface area contributed by atoms with E-state index in [1.807, 2.05) is 0 Å². The minimum Gasteiger partial charge on any atom is -0.493 e. The van der Waals surface area contributed by atoms with E-state index in [0.29, 0.717) is 46.3 Å². The molecule has 9 nitrogen and oxygen atoms in total. The molecule has 0 unspecified atom stereocenters. The van der Waals surface area contributed by atoms with E-state index >= 15 is 0 Å². The Kier molecular flexibility index (Phi) is 8.18. The Bertz CT molecular complexity index is 1170. The molecular weight excluding hydrogens is 483 g/mol. The van der Waals surface area contributed by atoms with Crippen LogP contribution >= 0.6 is 15.9 Å². The predicted octanol–water partition coefficient (Wildman–Crippen LogP) is 6.06. The van der Waals surface area contributed by atoms with E-state index in [-0.39, 0.29) is 17.9 Å². The minimum absolute atomic E-state index is 0.219. The number of esters is 1. The van der Waals surface area contributed by atoms with E-state index in [1.54, 1.807) is 24.3 Å². The molecule has 1 N–H and O–H groups in total. The lowest BCUT2D eigenvalue weighted by molar-refractivity contribution is -0.134. The summed E-state index contributed by atoms with van der Waals surface area (Å²) in [5, 5.41) is 6.99. The van der Waals surface area contributed by atoms with Crippen LogP contribution in [0.3, 0.4) is 0 Å². The average Bonchev–Trinajstić information content (AvgIpc) is 2.77. The Hall–Kier alpha value is -3.43. The summed E-state index contributed by atoms with van der Waals surface area (Å²) in [5.41, 5.74) is 9.00. The zero-order chi connectivity index (χ0) is 22.9. The summed E-state index contributed by atoms with van der Waals surface area (Å²) in [6.07, 6.45) is 3.63. The lowest BCUT2D eigenvalue weighted by atomic mass is 10.2. The molecule has 3 rings (SSSR count). The van der Waals surface area contributed by atoms with Gasteiger partial charge in [0, 0.05) is 33.8 Å². The standard InChI is InChI=1S/C21H20BrFN6O3/c1-31-18-10-14-17(11-19(18)32-20(30)5-3-2-4-8-27-29-24)25-12-26-21(14)28-16-7-6-13(22)9-15(16)23/h6-7,9-12H,2-5,8H2,1H3,(H,25,26,28). The number of hydrogen-bond donors (Lipinski definition) is 1. The zero-order valence-corrected chi connectivity index (χ0v) is 18.8. The third kappa shape index (κ3) is 6.05. The van der Waals surface area contributed by atoms with Crippen molar-refractivity contribution in [1.82, 2.24) is 9.97 Å². The summed E-state index contributed by atoms with van der Waals surface area (Å²) in [5.74, 6) is 0.0909. The molecule has 3 aromatic rings. The van der Waals surface area contributed by atoms with Gasteiger partial charge in [-0.15, -0.1) is 0 Å². The highest BCUT2D eigenvalue weighted by molar-refractivity contribution is 9.10. The number of methoxy groups -OCH3 is 1. The molecule has 11 heteroatoms. The fourth-order valence-corrected chi connectivity index (χ4v) is 3.30. The summed E-state index contributed by atoms with van der Waals surface area (Å²) in [6, 6.07) is 7.87. The van der Waals surface area contributed by atoms with Crippen molar-refractivity contribution in [2.75, 3.05) is 19.0 Å². The molecule has 1 heterocycles. The number of halogens is 2. The number of rotatable bonds is 10. The fraction of sp³-hybridized carbons (Fsp3) is 0.286. The Balaban J connectivity index is 1.76. The Labute approximate surface area is 191 Å². The SMILES string of the molecule is COc1cc2c(Nc3ccc(Br)cc3F)ncnc2cc1OC(=O)CCCCCN=[N+]=[N-]. The molecule has 0 bridgehead atoms. The van der Waals surface area contributed by atoms with Crippen LogP contribution < -0.4 is 14.8 Å². The number of unbranched alkanes of at least 4 members (excludes halogenated alkanes) is 2. The molecule has 0 atom stereocenters.